The molecule has 1 atom stereocenters. The number of hydrogen-bond acceptors (Lipinski definition) is 6. The topological polar surface area (TPSA) is 97.8 Å². The fourth-order valence-electron chi connectivity index (χ4n) is 3.23. The summed E-state index contributed by atoms with van der Waals surface area (Å²) in [5, 5.41) is 14.2. The van der Waals surface area contributed by atoms with E-state index >= 15 is 0 Å². The van der Waals surface area contributed by atoms with E-state index in [1.54, 1.807) is 30.3 Å². The molecule has 2 fully saturated rings. The molecule has 28 heavy (non-hydrogen) atoms. The van der Waals surface area contributed by atoms with Crippen molar-refractivity contribution >= 4 is 35.0 Å². The lowest BCUT2D eigenvalue weighted by Crippen LogP contribution is -2.37. The first-order valence-corrected chi connectivity index (χ1v) is 9.23. The molecule has 0 spiro atoms. The van der Waals surface area contributed by atoms with E-state index in [1.807, 2.05) is 0 Å². The monoisotopic (exact) mass is 399 g/mol. The molecule has 144 valence electrons. The van der Waals surface area contributed by atoms with Crippen molar-refractivity contribution in [2.75, 3.05) is 13.2 Å². The fourth-order valence-corrected chi connectivity index (χ4v) is 3.50. The number of carbonyl (C=O) groups is 1. The van der Waals surface area contributed by atoms with Gasteiger partial charge in [0.1, 0.15) is 17.2 Å². The Morgan fingerprint density at radius 3 is 2.96 bits per heavy atom. The van der Waals surface area contributed by atoms with E-state index in [2.05, 4.69) is 5.32 Å². The maximum atomic E-state index is 12.6. The summed E-state index contributed by atoms with van der Waals surface area (Å²) in [5.41, 5.74) is 0.889. The Balaban J connectivity index is 1.52. The number of nitro groups is 1. The van der Waals surface area contributed by atoms with E-state index in [4.69, 9.17) is 21.4 Å². The molecule has 2 aromatic rings. The van der Waals surface area contributed by atoms with Crippen LogP contribution in [-0.2, 0) is 9.53 Å². The number of nitrogens with one attached hydrogen (secondary N) is 1. The summed E-state index contributed by atoms with van der Waals surface area (Å²) in [6.45, 7) is 1.14. The maximum absolute atomic E-state index is 12.6. The third-order valence-corrected chi connectivity index (χ3v) is 4.95. The Morgan fingerprint density at radius 1 is 1.36 bits per heavy atom. The molecule has 4 rings (SSSR count). The number of rotatable bonds is 5. The van der Waals surface area contributed by atoms with Gasteiger partial charge in [-0.05, 0) is 37.2 Å². The van der Waals surface area contributed by atoms with Crippen LogP contribution in [0.2, 0.25) is 0 Å². The van der Waals surface area contributed by atoms with Gasteiger partial charge in [0.25, 0.3) is 11.6 Å². The highest BCUT2D eigenvalue weighted by atomic mass is 32.1. The smallest absolute Gasteiger partial charge is 0.276 e. The molecule has 1 aromatic heterocycles. The van der Waals surface area contributed by atoms with Crippen LogP contribution >= 0.6 is 12.2 Å². The lowest BCUT2D eigenvalue weighted by atomic mass is 10.1. The predicted molar refractivity (Wildman–Crippen MR) is 105 cm³/mol. The van der Waals surface area contributed by atoms with E-state index in [-0.39, 0.29) is 17.7 Å². The van der Waals surface area contributed by atoms with Gasteiger partial charge in [-0.2, -0.15) is 0 Å². The van der Waals surface area contributed by atoms with Crippen LogP contribution in [0.4, 0.5) is 5.69 Å². The zero-order valence-electron chi connectivity index (χ0n) is 14.8. The van der Waals surface area contributed by atoms with Gasteiger partial charge in [-0.15, -0.1) is 0 Å². The average molecular weight is 399 g/mol. The quantitative estimate of drug-likeness (QED) is 0.357. The second kappa shape index (κ2) is 7.53. The number of nitrogens with zero attached hydrogens (tertiary/aromatic N) is 2. The molecule has 0 radical (unpaired) electrons. The van der Waals surface area contributed by atoms with Crippen LogP contribution in [0.15, 0.2) is 46.5 Å². The summed E-state index contributed by atoms with van der Waals surface area (Å²) < 4.78 is 11.3. The SMILES string of the molecule is O=C1/C(=C\c2ccc(-c3cccc([N+](=O)[O-])c3)o2)NC(=S)N1CC1CCCO1. The zero-order valence-corrected chi connectivity index (χ0v) is 15.6. The summed E-state index contributed by atoms with van der Waals surface area (Å²) in [7, 11) is 0. The average Bonchev–Trinajstić information content (AvgIpc) is 3.41. The van der Waals surface area contributed by atoms with Gasteiger partial charge in [0.05, 0.1) is 17.6 Å². The molecule has 1 unspecified atom stereocenters. The van der Waals surface area contributed by atoms with Crippen LogP contribution in [-0.4, -0.2) is 40.1 Å². The first-order chi connectivity index (χ1) is 13.5. The molecule has 1 aromatic carbocycles. The Kier molecular flexibility index (Phi) is 4.93. The van der Waals surface area contributed by atoms with Crippen molar-refractivity contribution in [1.29, 1.82) is 0 Å². The molecule has 1 N–H and O–H groups in total. The van der Waals surface area contributed by atoms with Gasteiger partial charge in [-0.1, -0.05) is 12.1 Å². The fraction of sp³-hybridized carbons (Fsp3) is 0.263. The highest BCUT2D eigenvalue weighted by Crippen LogP contribution is 2.27. The Morgan fingerprint density at radius 2 is 2.21 bits per heavy atom. The predicted octanol–water partition coefficient (Wildman–Crippen LogP) is 3.09. The van der Waals surface area contributed by atoms with E-state index < -0.39 is 4.92 Å². The number of nitro benzene ring substituents is 1. The van der Waals surface area contributed by atoms with Gasteiger partial charge in [0, 0.05) is 30.4 Å². The van der Waals surface area contributed by atoms with Crippen molar-refractivity contribution in [3.63, 3.8) is 0 Å². The largest absolute Gasteiger partial charge is 0.457 e. The summed E-state index contributed by atoms with van der Waals surface area (Å²) >= 11 is 5.27. The number of furan rings is 1. The number of carbonyl (C=O) groups excluding carboxylic acids is 1. The van der Waals surface area contributed by atoms with Gasteiger partial charge < -0.3 is 14.5 Å². The molecule has 0 bridgehead atoms. The van der Waals surface area contributed by atoms with Crippen molar-refractivity contribution < 1.29 is 18.9 Å². The van der Waals surface area contributed by atoms with Gasteiger partial charge in [0.2, 0.25) is 0 Å². The lowest BCUT2D eigenvalue weighted by molar-refractivity contribution is -0.384. The molecule has 9 heteroatoms. The molecule has 0 aliphatic carbocycles. The number of hydrogen-bond donors (Lipinski definition) is 1. The first-order valence-electron chi connectivity index (χ1n) is 8.82. The van der Waals surface area contributed by atoms with Crippen LogP contribution in [0.1, 0.15) is 18.6 Å². The number of amides is 1. The molecule has 1 amide bonds. The molecular weight excluding hydrogens is 382 g/mol. The molecule has 2 saturated heterocycles. The summed E-state index contributed by atoms with van der Waals surface area (Å²) in [6.07, 6.45) is 3.48. The minimum absolute atomic E-state index is 0.00661. The van der Waals surface area contributed by atoms with E-state index in [9.17, 15) is 14.9 Å². The van der Waals surface area contributed by atoms with Crippen LogP contribution in [0.25, 0.3) is 17.4 Å². The van der Waals surface area contributed by atoms with Crippen molar-refractivity contribution in [3.8, 4) is 11.3 Å². The standard InChI is InChI=1S/C19H17N3O5S/c23-18-16(20-19(28)21(18)11-15-5-2-8-26-15)10-14-6-7-17(27-14)12-3-1-4-13(9-12)22(24)25/h1,3-4,6-7,9-10,15H,2,5,8,11H2,(H,20,28)/b16-10+. The Hall–Kier alpha value is -3.04. The number of non-ortho nitro benzene ring substituents is 1. The summed E-state index contributed by atoms with van der Waals surface area (Å²) in [5.74, 6) is 0.688. The second-order valence-electron chi connectivity index (χ2n) is 6.55. The third-order valence-electron chi connectivity index (χ3n) is 4.63. The molecule has 0 saturated carbocycles. The second-order valence-corrected chi connectivity index (χ2v) is 6.94. The Labute approximate surface area is 165 Å². The normalized spacial score (nSPS) is 20.8. The van der Waals surface area contributed by atoms with Gasteiger partial charge >= 0.3 is 0 Å². The van der Waals surface area contributed by atoms with Gasteiger partial charge in [-0.3, -0.25) is 19.8 Å². The van der Waals surface area contributed by atoms with Crippen molar-refractivity contribution in [1.82, 2.24) is 10.2 Å². The van der Waals surface area contributed by atoms with E-state index in [0.717, 1.165) is 12.8 Å². The molecule has 2 aliphatic rings. The van der Waals surface area contributed by atoms with E-state index in [0.29, 0.717) is 41.0 Å². The molecular formula is C19H17N3O5S. The summed E-state index contributed by atoms with van der Waals surface area (Å²) in [4.78, 5) is 24.6. The van der Waals surface area contributed by atoms with E-state index in [1.165, 1.54) is 17.0 Å². The lowest BCUT2D eigenvalue weighted by Gasteiger charge is -2.18. The number of benzene rings is 1. The van der Waals surface area contributed by atoms with Crippen LogP contribution < -0.4 is 5.32 Å². The van der Waals surface area contributed by atoms with Gasteiger partial charge in [0.15, 0.2) is 5.11 Å². The first kappa shape index (κ1) is 18.3. The molecule has 3 heterocycles. The number of ether oxygens (including phenoxy) is 1. The van der Waals surface area contributed by atoms with Crippen LogP contribution in [0.3, 0.4) is 0 Å². The van der Waals surface area contributed by atoms with Crippen LogP contribution in [0.5, 0.6) is 0 Å². The van der Waals surface area contributed by atoms with Crippen molar-refractivity contribution in [2.45, 2.75) is 18.9 Å². The zero-order chi connectivity index (χ0) is 19.7. The van der Waals surface area contributed by atoms with Crippen LogP contribution in [0, 0.1) is 10.1 Å². The van der Waals surface area contributed by atoms with Gasteiger partial charge in [-0.25, -0.2) is 0 Å². The van der Waals surface area contributed by atoms with Crippen molar-refractivity contribution in [2.24, 2.45) is 0 Å². The maximum Gasteiger partial charge on any atom is 0.276 e. The summed E-state index contributed by atoms with van der Waals surface area (Å²) in [6, 6.07) is 9.57. The Bertz CT molecular complexity index is 977. The number of thiocarbonyl (C=S) groups is 1. The van der Waals surface area contributed by atoms with Crippen molar-refractivity contribution in [3.05, 3.63) is 58.0 Å². The molecule has 2 aliphatic heterocycles. The minimum atomic E-state index is -0.458. The highest BCUT2D eigenvalue weighted by molar-refractivity contribution is 7.80. The highest BCUT2D eigenvalue weighted by Gasteiger charge is 2.33. The molecule has 8 nitrogen and oxygen atoms in total. The third kappa shape index (κ3) is 3.67. The minimum Gasteiger partial charge on any atom is -0.457 e.